The lowest BCUT2D eigenvalue weighted by atomic mass is 9.92. The Morgan fingerprint density at radius 2 is 1.85 bits per heavy atom. The highest BCUT2D eigenvalue weighted by Gasteiger charge is 2.35. The van der Waals surface area contributed by atoms with Crippen LogP contribution >= 0.6 is 0 Å². The van der Waals surface area contributed by atoms with Crippen molar-refractivity contribution in [2.45, 2.75) is 57.5 Å². The molecule has 20 heavy (non-hydrogen) atoms. The minimum Gasteiger partial charge on any atom is -0.299 e. The zero-order valence-electron chi connectivity index (χ0n) is 12.3. The van der Waals surface area contributed by atoms with E-state index in [1.165, 1.54) is 31.2 Å². The van der Waals surface area contributed by atoms with E-state index in [-0.39, 0.29) is 0 Å². The van der Waals surface area contributed by atoms with Gasteiger partial charge in [-0.2, -0.15) is 0 Å². The van der Waals surface area contributed by atoms with E-state index in [4.69, 9.17) is 0 Å². The Kier molecular flexibility index (Phi) is 4.51. The lowest BCUT2D eigenvalue weighted by Crippen LogP contribution is -2.41. The number of ketones is 1. The van der Waals surface area contributed by atoms with E-state index in [9.17, 15) is 4.79 Å². The molecule has 0 amide bonds. The fourth-order valence-corrected chi connectivity index (χ4v) is 3.91. The molecule has 1 aliphatic carbocycles. The Morgan fingerprint density at radius 1 is 1.00 bits per heavy atom. The first kappa shape index (κ1) is 13.8. The Balaban J connectivity index is 1.75. The van der Waals surface area contributed by atoms with E-state index < -0.39 is 0 Å². The maximum Gasteiger partial charge on any atom is 0.137 e. The highest BCUT2D eigenvalue weighted by molar-refractivity contribution is 5.83. The van der Waals surface area contributed by atoms with Crippen molar-refractivity contribution >= 4 is 5.78 Å². The number of carbonyl (C=O) groups excluding carboxylic acids is 1. The Hall–Kier alpha value is -1.15. The molecule has 2 aliphatic rings. The van der Waals surface area contributed by atoms with E-state index in [0.717, 1.165) is 32.4 Å². The summed E-state index contributed by atoms with van der Waals surface area (Å²) in [7, 11) is 0. The Labute approximate surface area is 122 Å². The monoisotopic (exact) mass is 271 g/mol. The van der Waals surface area contributed by atoms with Gasteiger partial charge in [-0.15, -0.1) is 0 Å². The van der Waals surface area contributed by atoms with Gasteiger partial charge in [0.1, 0.15) is 5.78 Å². The molecule has 3 rings (SSSR count). The van der Waals surface area contributed by atoms with Gasteiger partial charge in [-0.25, -0.2) is 0 Å². The zero-order valence-corrected chi connectivity index (χ0v) is 12.3. The molecule has 1 saturated carbocycles. The van der Waals surface area contributed by atoms with Crippen molar-refractivity contribution in [2.24, 2.45) is 5.92 Å². The van der Waals surface area contributed by atoms with E-state index in [1.54, 1.807) is 0 Å². The summed E-state index contributed by atoms with van der Waals surface area (Å²) in [5, 5.41) is 0. The molecule has 0 radical (unpaired) electrons. The summed E-state index contributed by atoms with van der Waals surface area (Å²) in [6.45, 7) is 2.17. The fourth-order valence-electron chi connectivity index (χ4n) is 3.91. The third kappa shape index (κ3) is 3.12. The van der Waals surface area contributed by atoms with E-state index >= 15 is 0 Å². The lowest BCUT2D eigenvalue weighted by Gasteiger charge is -2.33. The van der Waals surface area contributed by atoms with Crippen molar-refractivity contribution in [3.8, 4) is 0 Å². The molecule has 1 aromatic carbocycles. The lowest BCUT2D eigenvalue weighted by molar-refractivity contribution is -0.122. The second kappa shape index (κ2) is 6.53. The van der Waals surface area contributed by atoms with Gasteiger partial charge < -0.3 is 0 Å². The van der Waals surface area contributed by atoms with Gasteiger partial charge in [0.25, 0.3) is 0 Å². The molecule has 0 spiro atoms. The summed E-state index contributed by atoms with van der Waals surface area (Å²) in [4.78, 5) is 14.8. The molecule has 2 fully saturated rings. The molecule has 2 heteroatoms. The van der Waals surface area contributed by atoms with Gasteiger partial charge in [-0.1, -0.05) is 43.2 Å². The van der Waals surface area contributed by atoms with Crippen LogP contribution < -0.4 is 0 Å². The molecular formula is C18H25NO. The maximum atomic E-state index is 12.2. The SMILES string of the molecule is O=C1CCC[C@H]1[C@@H]1CCCCCN1Cc1ccccc1. The van der Waals surface area contributed by atoms with Crippen LogP contribution in [0.5, 0.6) is 0 Å². The number of likely N-dealkylation sites (tertiary alicyclic amines) is 1. The largest absolute Gasteiger partial charge is 0.299 e. The van der Waals surface area contributed by atoms with Gasteiger partial charge in [0.05, 0.1) is 0 Å². The summed E-state index contributed by atoms with van der Waals surface area (Å²) in [6, 6.07) is 11.2. The minimum absolute atomic E-state index is 0.316. The number of hydrogen-bond donors (Lipinski definition) is 0. The van der Waals surface area contributed by atoms with Gasteiger partial charge >= 0.3 is 0 Å². The highest BCUT2D eigenvalue weighted by Crippen LogP contribution is 2.32. The van der Waals surface area contributed by atoms with Gasteiger partial charge in [0.15, 0.2) is 0 Å². The second-order valence-corrected chi connectivity index (χ2v) is 6.34. The van der Waals surface area contributed by atoms with Crippen molar-refractivity contribution in [1.29, 1.82) is 0 Å². The van der Waals surface area contributed by atoms with Crippen LogP contribution in [0.4, 0.5) is 0 Å². The van der Waals surface area contributed by atoms with Gasteiger partial charge in [0.2, 0.25) is 0 Å². The molecule has 1 aliphatic heterocycles. The van der Waals surface area contributed by atoms with Crippen LogP contribution in [0.3, 0.4) is 0 Å². The van der Waals surface area contributed by atoms with Crippen LogP contribution in [0.15, 0.2) is 30.3 Å². The molecular weight excluding hydrogens is 246 g/mol. The van der Waals surface area contributed by atoms with E-state index in [2.05, 4.69) is 35.2 Å². The second-order valence-electron chi connectivity index (χ2n) is 6.34. The number of carbonyl (C=O) groups is 1. The molecule has 0 aromatic heterocycles. The summed E-state index contributed by atoms with van der Waals surface area (Å²) >= 11 is 0. The fraction of sp³-hybridized carbons (Fsp3) is 0.611. The van der Waals surface area contributed by atoms with Crippen molar-refractivity contribution < 1.29 is 4.79 Å². The number of rotatable bonds is 3. The van der Waals surface area contributed by atoms with Crippen LogP contribution in [-0.4, -0.2) is 23.3 Å². The highest BCUT2D eigenvalue weighted by atomic mass is 16.1. The van der Waals surface area contributed by atoms with E-state index in [0.29, 0.717) is 17.7 Å². The van der Waals surface area contributed by atoms with Crippen molar-refractivity contribution in [2.75, 3.05) is 6.54 Å². The number of nitrogens with zero attached hydrogens (tertiary/aromatic N) is 1. The molecule has 0 N–H and O–H groups in total. The van der Waals surface area contributed by atoms with Gasteiger partial charge in [-0.05, 0) is 37.8 Å². The van der Waals surface area contributed by atoms with Crippen LogP contribution in [0.25, 0.3) is 0 Å². The number of Topliss-reactive ketones (excluding diaryl/α,β-unsaturated/α-hetero) is 1. The van der Waals surface area contributed by atoms with Crippen molar-refractivity contribution in [3.63, 3.8) is 0 Å². The minimum atomic E-state index is 0.316. The number of benzene rings is 1. The smallest absolute Gasteiger partial charge is 0.137 e. The molecule has 1 heterocycles. The maximum absolute atomic E-state index is 12.2. The molecule has 1 aromatic rings. The van der Waals surface area contributed by atoms with Crippen LogP contribution in [0, 0.1) is 5.92 Å². The van der Waals surface area contributed by atoms with Crippen LogP contribution in [0.2, 0.25) is 0 Å². The van der Waals surface area contributed by atoms with E-state index in [1.807, 2.05) is 0 Å². The van der Waals surface area contributed by atoms with Crippen molar-refractivity contribution in [3.05, 3.63) is 35.9 Å². The standard InChI is InChI=1S/C18H25NO/c20-18-12-7-10-16(18)17-11-5-2-6-13-19(17)14-15-8-3-1-4-9-15/h1,3-4,8-9,16-17H,2,5-7,10-14H2/t16-,17-/m0/s1. The Bertz CT molecular complexity index is 442. The topological polar surface area (TPSA) is 20.3 Å². The Morgan fingerprint density at radius 3 is 2.60 bits per heavy atom. The third-order valence-electron chi connectivity index (χ3n) is 4.96. The van der Waals surface area contributed by atoms with Crippen LogP contribution in [-0.2, 0) is 11.3 Å². The molecule has 0 bridgehead atoms. The zero-order chi connectivity index (χ0) is 13.8. The first-order chi connectivity index (χ1) is 9.84. The molecule has 0 unspecified atom stereocenters. The first-order valence-corrected chi connectivity index (χ1v) is 8.15. The normalized spacial score (nSPS) is 28.5. The molecule has 108 valence electrons. The van der Waals surface area contributed by atoms with Gasteiger partial charge in [0, 0.05) is 24.9 Å². The molecule has 2 atom stereocenters. The molecule has 2 nitrogen and oxygen atoms in total. The van der Waals surface area contributed by atoms with Crippen molar-refractivity contribution in [1.82, 2.24) is 4.90 Å². The summed E-state index contributed by atoms with van der Waals surface area (Å²) in [6.07, 6.45) is 8.16. The molecule has 1 saturated heterocycles. The average Bonchev–Trinajstić information content (AvgIpc) is 2.76. The third-order valence-corrected chi connectivity index (χ3v) is 4.96. The summed E-state index contributed by atoms with van der Waals surface area (Å²) in [5.74, 6) is 0.840. The summed E-state index contributed by atoms with van der Waals surface area (Å²) in [5.41, 5.74) is 1.38. The van der Waals surface area contributed by atoms with Crippen LogP contribution in [0.1, 0.15) is 50.5 Å². The predicted octanol–water partition coefficient (Wildman–Crippen LogP) is 3.80. The average molecular weight is 271 g/mol. The quantitative estimate of drug-likeness (QED) is 0.833. The van der Waals surface area contributed by atoms with Gasteiger partial charge in [-0.3, -0.25) is 9.69 Å². The number of hydrogen-bond acceptors (Lipinski definition) is 2. The first-order valence-electron chi connectivity index (χ1n) is 8.15. The predicted molar refractivity (Wildman–Crippen MR) is 81.5 cm³/mol. The summed E-state index contributed by atoms with van der Waals surface area (Å²) < 4.78 is 0.